The van der Waals surface area contributed by atoms with Crippen molar-refractivity contribution < 1.29 is 9.90 Å². The number of piperidine rings is 1. The lowest BCUT2D eigenvalue weighted by Crippen LogP contribution is -2.50. The lowest BCUT2D eigenvalue weighted by Gasteiger charge is -2.40. The van der Waals surface area contributed by atoms with Gasteiger partial charge in [0.15, 0.2) is 0 Å². The van der Waals surface area contributed by atoms with E-state index in [0.29, 0.717) is 12.5 Å². The monoisotopic (exact) mass is 288 g/mol. The van der Waals surface area contributed by atoms with Crippen LogP contribution in [-0.2, 0) is 11.2 Å². The zero-order chi connectivity index (χ0) is 14.8. The molecule has 0 amide bonds. The summed E-state index contributed by atoms with van der Waals surface area (Å²) in [5.41, 5.74) is 2.85. The van der Waals surface area contributed by atoms with E-state index in [9.17, 15) is 9.90 Å². The van der Waals surface area contributed by atoms with Crippen LogP contribution in [0.25, 0.3) is 0 Å². The van der Waals surface area contributed by atoms with Gasteiger partial charge in [0, 0.05) is 31.4 Å². The fourth-order valence-electron chi connectivity index (χ4n) is 3.84. The number of anilines is 1. The van der Waals surface area contributed by atoms with Crippen molar-refractivity contribution in [1.82, 2.24) is 4.90 Å². The topological polar surface area (TPSA) is 43.8 Å². The maximum absolute atomic E-state index is 11.3. The Morgan fingerprint density at radius 2 is 2.00 bits per heavy atom. The van der Waals surface area contributed by atoms with Gasteiger partial charge in [-0.3, -0.25) is 9.69 Å². The molecule has 3 rings (SSSR count). The molecule has 1 aromatic rings. The second-order valence-corrected chi connectivity index (χ2v) is 6.10. The molecular formula is C17H24N2O2. The SMILES string of the molecule is CC[C@H](C(=O)O)N1CCC(N2CCc3ccccc32)CC1. The summed E-state index contributed by atoms with van der Waals surface area (Å²) in [4.78, 5) is 16.0. The van der Waals surface area contributed by atoms with E-state index in [1.807, 2.05) is 6.92 Å². The van der Waals surface area contributed by atoms with Gasteiger partial charge in [0.2, 0.25) is 0 Å². The summed E-state index contributed by atoms with van der Waals surface area (Å²) >= 11 is 0. The van der Waals surface area contributed by atoms with Crippen LogP contribution in [0.2, 0.25) is 0 Å². The Labute approximate surface area is 126 Å². The quantitative estimate of drug-likeness (QED) is 0.924. The zero-order valence-corrected chi connectivity index (χ0v) is 12.7. The van der Waals surface area contributed by atoms with Crippen LogP contribution < -0.4 is 4.90 Å². The Bertz CT molecular complexity index is 509. The normalized spacial score (nSPS) is 21.3. The molecule has 1 N–H and O–H groups in total. The number of carboxylic acid groups (broad SMARTS) is 1. The third-order valence-electron chi connectivity index (χ3n) is 4.98. The van der Waals surface area contributed by atoms with Crippen LogP contribution in [-0.4, -0.2) is 47.7 Å². The maximum atomic E-state index is 11.3. The molecule has 1 fully saturated rings. The highest BCUT2D eigenvalue weighted by Gasteiger charge is 2.32. The fourth-order valence-corrected chi connectivity index (χ4v) is 3.84. The number of carboxylic acids is 1. The van der Waals surface area contributed by atoms with Crippen molar-refractivity contribution in [2.45, 2.75) is 44.7 Å². The molecule has 4 heteroatoms. The number of fused-ring (bicyclic) bond motifs is 1. The van der Waals surface area contributed by atoms with Crippen molar-refractivity contribution in [3.05, 3.63) is 29.8 Å². The average molecular weight is 288 g/mol. The Morgan fingerprint density at radius 1 is 1.29 bits per heavy atom. The molecule has 0 unspecified atom stereocenters. The Balaban J connectivity index is 1.63. The van der Waals surface area contributed by atoms with Crippen molar-refractivity contribution in [3.63, 3.8) is 0 Å². The minimum atomic E-state index is -0.678. The lowest BCUT2D eigenvalue weighted by atomic mass is 10.0. The molecular weight excluding hydrogens is 264 g/mol. The van der Waals surface area contributed by atoms with Gasteiger partial charge < -0.3 is 10.0 Å². The number of likely N-dealkylation sites (tertiary alicyclic amines) is 1. The van der Waals surface area contributed by atoms with Gasteiger partial charge in [0.05, 0.1) is 0 Å². The van der Waals surface area contributed by atoms with Crippen LogP contribution in [0.1, 0.15) is 31.7 Å². The molecule has 0 aliphatic carbocycles. The minimum Gasteiger partial charge on any atom is -0.480 e. The van der Waals surface area contributed by atoms with Crippen LogP contribution in [0.3, 0.4) is 0 Å². The summed E-state index contributed by atoms with van der Waals surface area (Å²) in [7, 11) is 0. The minimum absolute atomic E-state index is 0.309. The van der Waals surface area contributed by atoms with Gasteiger partial charge in [-0.25, -0.2) is 0 Å². The number of aliphatic carboxylic acids is 1. The summed E-state index contributed by atoms with van der Waals surface area (Å²) in [6.07, 6.45) is 3.96. The van der Waals surface area contributed by atoms with Gasteiger partial charge in [0.25, 0.3) is 0 Å². The molecule has 21 heavy (non-hydrogen) atoms. The summed E-state index contributed by atoms with van der Waals surface area (Å²) < 4.78 is 0. The second kappa shape index (κ2) is 6.06. The molecule has 0 radical (unpaired) electrons. The highest BCUT2D eigenvalue weighted by atomic mass is 16.4. The van der Waals surface area contributed by atoms with E-state index in [0.717, 1.165) is 38.9 Å². The van der Waals surface area contributed by atoms with Crippen LogP contribution in [0.5, 0.6) is 0 Å². The highest BCUT2D eigenvalue weighted by molar-refractivity contribution is 5.73. The van der Waals surface area contributed by atoms with Crippen molar-refractivity contribution >= 4 is 11.7 Å². The maximum Gasteiger partial charge on any atom is 0.320 e. The highest BCUT2D eigenvalue weighted by Crippen LogP contribution is 2.32. The van der Waals surface area contributed by atoms with Gasteiger partial charge in [-0.1, -0.05) is 25.1 Å². The van der Waals surface area contributed by atoms with E-state index < -0.39 is 5.97 Å². The van der Waals surface area contributed by atoms with E-state index in [4.69, 9.17) is 0 Å². The van der Waals surface area contributed by atoms with Gasteiger partial charge in [-0.15, -0.1) is 0 Å². The van der Waals surface area contributed by atoms with E-state index >= 15 is 0 Å². The van der Waals surface area contributed by atoms with E-state index in [2.05, 4.69) is 34.1 Å². The van der Waals surface area contributed by atoms with E-state index in [1.165, 1.54) is 11.3 Å². The summed E-state index contributed by atoms with van der Waals surface area (Å²) in [6.45, 7) is 4.87. The van der Waals surface area contributed by atoms with Crippen molar-refractivity contribution in [1.29, 1.82) is 0 Å². The average Bonchev–Trinajstić information content (AvgIpc) is 2.92. The van der Waals surface area contributed by atoms with Gasteiger partial charge in [-0.05, 0) is 37.3 Å². The fraction of sp³-hybridized carbons (Fsp3) is 0.588. The number of benzene rings is 1. The molecule has 114 valence electrons. The molecule has 1 atom stereocenters. The number of hydrogen-bond acceptors (Lipinski definition) is 3. The first-order valence-electron chi connectivity index (χ1n) is 8.02. The molecule has 0 saturated carbocycles. The second-order valence-electron chi connectivity index (χ2n) is 6.10. The van der Waals surface area contributed by atoms with Gasteiger partial charge in [0.1, 0.15) is 6.04 Å². The number of para-hydroxylation sites is 1. The lowest BCUT2D eigenvalue weighted by molar-refractivity contribution is -0.143. The molecule has 0 aromatic heterocycles. The molecule has 2 aliphatic rings. The van der Waals surface area contributed by atoms with E-state index in [-0.39, 0.29) is 6.04 Å². The number of rotatable bonds is 4. The zero-order valence-electron chi connectivity index (χ0n) is 12.7. The van der Waals surface area contributed by atoms with Crippen LogP contribution >= 0.6 is 0 Å². The number of nitrogens with zero attached hydrogens (tertiary/aromatic N) is 2. The first-order chi connectivity index (χ1) is 10.2. The predicted octanol–water partition coefficient (Wildman–Crippen LogP) is 2.38. The molecule has 1 aromatic carbocycles. The van der Waals surface area contributed by atoms with Crippen molar-refractivity contribution in [2.24, 2.45) is 0 Å². The molecule has 0 spiro atoms. The number of hydrogen-bond donors (Lipinski definition) is 1. The molecule has 4 nitrogen and oxygen atoms in total. The molecule has 2 aliphatic heterocycles. The smallest absolute Gasteiger partial charge is 0.320 e. The van der Waals surface area contributed by atoms with Crippen LogP contribution in [0, 0.1) is 0 Å². The Hall–Kier alpha value is -1.55. The molecule has 2 heterocycles. The predicted molar refractivity (Wildman–Crippen MR) is 83.8 cm³/mol. The largest absolute Gasteiger partial charge is 0.480 e. The van der Waals surface area contributed by atoms with Crippen molar-refractivity contribution in [2.75, 3.05) is 24.5 Å². The first-order valence-corrected chi connectivity index (χ1v) is 8.02. The van der Waals surface area contributed by atoms with E-state index in [1.54, 1.807) is 0 Å². The molecule has 1 saturated heterocycles. The Kier molecular flexibility index (Phi) is 4.15. The third-order valence-corrected chi connectivity index (χ3v) is 4.98. The van der Waals surface area contributed by atoms with Gasteiger partial charge >= 0.3 is 5.97 Å². The Morgan fingerprint density at radius 3 is 2.67 bits per heavy atom. The van der Waals surface area contributed by atoms with Crippen LogP contribution in [0.15, 0.2) is 24.3 Å². The summed E-state index contributed by atoms with van der Waals surface area (Å²) in [5.74, 6) is -0.678. The number of carbonyl (C=O) groups is 1. The third kappa shape index (κ3) is 2.77. The summed E-state index contributed by atoms with van der Waals surface area (Å²) in [6, 6.07) is 8.93. The van der Waals surface area contributed by atoms with Crippen LogP contribution in [0.4, 0.5) is 5.69 Å². The summed E-state index contributed by atoms with van der Waals surface area (Å²) in [5, 5.41) is 9.28. The first kappa shape index (κ1) is 14.4. The standard InChI is InChI=1S/C17H24N2O2/c1-2-15(17(20)21)18-10-8-14(9-11-18)19-12-7-13-5-3-4-6-16(13)19/h3-6,14-15H,2,7-12H2,1H3,(H,20,21)/t15-/m1/s1. The molecule has 0 bridgehead atoms. The van der Waals surface area contributed by atoms with Gasteiger partial charge in [-0.2, -0.15) is 0 Å². The van der Waals surface area contributed by atoms with Crippen molar-refractivity contribution in [3.8, 4) is 0 Å².